The van der Waals surface area contributed by atoms with Crippen LogP contribution in [0.5, 0.6) is 0 Å². The normalized spacial score (nSPS) is 22.4. The molecule has 7 heteroatoms. The third-order valence-corrected chi connectivity index (χ3v) is 6.25. The summed E-state index contributed by atoms with van der Waals surface area (Å²) < 4.78 is 0. The van der Waals surface area contributed by atoms with Crippen molar-refractivity contribution in [3.05, 3.63) is 35.4 Å². The summed E-state index contributed by atoms with van der Waals surface area (Å²) in [5.41, 5.74) is 2.62. The van der Waals surface area contributed by atoms with E-state index in [-0.39, 0.29) is 17.8 Å². The van der Waals surface area contributed by atoms with E-state index in [0.29, 0.717) is 32.0 Å². The van der Waals surface area contributed by atoms with Gasteiger partial charge in [0.1, 0.15) is 6.04 Å². The maximum atomic E-state index is 12.6. The van der Waals surface area contributed by atoms with Crippen molar-refractivity contribution in [3.8, 4) is 0 Å². The number of likely N-dealkylation sites (tertiary alicyclic amines) is 1. The Morgan fingerprint density at radius 2 is 1.79 bits per heavy atom. The Kier molecular flexibility index (Phi) is 5.50. The van der Waals surface area contributed by atoms with Crippen molar-refractivity contribution >= 4 is 17.8 Å². The van der Waals surface area contributed by atoms with Gasteiger partial charge in [-0.05, 0) is 42.7 Å². The number of piperidine rings is 1. The number of fused-ring (bicyclic) bond motifs is 1. The molecule has 7 nitrogen and oxygen atoms in total. The first kappa shape index (κ1) is 18.8. The van der Waals surface area contributed by atoms with Gasteiger partial charge >= 0.3 is 6.03 Å². The summed E-state index contributed by atoms with van der Waals surface area (Å²) in [7, 11) is 0. The molecule has 0 aliphatic carbocycles. The fraction of sp³-hybridized carbons (Fsp3) is 0.571. The SMILES string of the molecule is O=C1NC[C@@H](C(=O)N2CCC(CCC(=O)N3CCc4ccccc4C3)CC2)N1. The van der Waals surface area contributed by atoms with Crippen LogP contribution in [-0.2, 0) is 22.6 Å². The van der Waals surface area contributed by atoms with E-state index in [0.717, 1.165) is 38.8 Å². The first-order valence-electron chi connectivity index (χ1n) is 10.3. The monoisotopic (exact) mass is 384 g/mol. The number of benzene rings is 1. The van der Waals surface area contributed by atoms with Crippen LogP contribution in [0.15, 0.2) is 24.3 Å². The smallest absolute Gasteiger partial charge is 0.315 e. The van der Waals surface area contributed by atoms with E-state index >= 15 is 0 Å². The number of rotatable bonds is 4. The average Bonchev–Trinajstić information content (AvgIpc) is 3.17. The zero-order valence-electron chi connectivity index (χ0n) is 16.2. The molecule has 2 saturated heterocycles. The van der Waals surface area contributed by atoms with Gasteiger partial charge < -0.3 is 20.4 Å². The van der Waals surface area contributed by atoms with Gasteiger partial charge in [0.15, 0.2) is 0 Å². The average molecular weight is 384 g/mol. The Balaban J connectivity index is 1.20. The van der Waals surface area contributed by atoms with Gasteiger partial charge in [-0.15, -0.1) is 0 Å². The molecule has 150 valence electrons. The number of carbonyl (C=O) groups is 3. The quantitative estimate of drug-likeness (QED) is 0.820. The summed E-state index contributed by atoms with van der Waals surface area (Å²) in [6, 6.07) is 7.66. The minimum atomic E-state index is -0.437. The molecular formula is C21H28N4O3. The largest absolute Gasteiger partial charge is 0.341 e. The van der Waals surface area contributed by atoms with E-state index in [4.69, 9.17) is 0 Å². The molecule has 4 rings (SSSR count). The van der Waals surface area contributed by atoms with Gasteiger partial charge in [0.05, 0.1) is 0 Å². The van der Waals surface area contributed by atoms with Crippen LogP contribution >= 0.6 is 0 Å². The van der Waals surface area contributed by atoms with Crippen LogP contribution in [0, 0.1) is 5.92 Å². The van der Waals surface area contributed by atoms with E-state index in [1.54, 1.807) is 0 Å². The molecule has 1 aromatic carbocycles. The molecule has 28 heavy (non-hydrogen) atoms. The lowest BCUT2D eigenvalue weighted by Crippen LogP contribution is -2.48. The minimum Gasteiger partial charge on any atom is -0.341 e. The fourth-order valence-electron chi connectivity index (χ4n) is 4.46. The standard InChI is InChI=1S/C21H28N4O3/c26-19(25-12-9-16-3-1-2-4-17(16)14-25)6-5-15-7-10-24(11-8-15)20(27)18-13-22-21(28)23-18/h1-4,15,18H,5-14H2,(H2,22,23,28)/t18-/m0/s1. The summed E-state index contributed by atoms with van der Waals surface area (Å²) >= 11 is 0. The zero-order valence-corrected chi connectivity index (χ0v) is 16.2. The Hall–Kier alpha value is -2.57. The van der Waals surface area contributed by atoms with E-state index in [1.807, 2.05) is 15.9 Å². The Morgan fingerprint density at radius 3 is 2.50 bits per heavy atom. The first-order valence-corrected chi connectivity index (χ1v) is 10.3. The fourth-order valence-corrected chi connectivity index (χ4v) is 4.46. The van der Waals surface area contributed by atoms with Crippen LogP contribution in [0.1, 0.15) is 36.8 Å². The highest BCUT2D eigenvalue weighted by Crippen LogP contribution is 2.24. The van der Waals surface area contributed by atoms with Crippen LogP contribution in [0.3, 0.4) is 0 Å². The molecule has 0 unspecified atom stereocenters. The number of hydrogen-bond donors (Lipinski definition) is 2. The lowest BCUT2D eigenvalue weighted by atomic mass is 9.91. The molecule has 1 aromatic rings. The van der Waals surface area contributed by atoms with Crippen LogP contribution in [0.4, 0.5) is 4.79 Å². The molecule has 1 atom stereocenters. The maximum absolute atomic E-state index is 12.6. The molecule has 2 fully saturated rings. The van der Waals surface area contributed by atoms with Gasteiger partial charge in [0, 0.05) is 39.1 Å². The molecule has 0 radical (unpaired) electrons. The van der Waals surface area contributed by atoms with E-state index < -0.39 is 6.04 Å². The molecule has 0 spiro atoms. The molecule has 4 amide bonds. The lowest BCUT2D eigenvalue weighted by Gasteiger charge is -2.34. The van der Waals surface area contributed by atoms with E-state index in [9.17, 15) is 14.4 Å². The summed E-state index contributed by atoms with van der Waals surface area (Å²) in [5.74, 6) is 0.731. The van der Waals surface area contributed by atoms with Gasteiger partial charge in [0.25, 0.3) is 0 Å². The number of amides is 4. The summed E-state index contributed by atoms with van der Waals surface area (Å²) in [5, 5.41) is 5.28. The Bertz CT molecular complexity index is 758. The predicted octanol–water partition coefficient (Wildman–Crippen LogP) is 1.27. The maximum Gasteiger partial charge on any atom is 0.315 e. The molecule has 3 aliphatic heterocycles. The second-order valence-corrected chi connectivity index (χ2v) is 8.05. The van der Waals surface area contributed by atoms with Crippen LogP contribution in [0.25, 0.3) is 0 Å². The van der Waals surface area contributed by atoms with Crippen molar-refractivity contribution in [2.75, 3.05) is 26.2 Å². The summed E-state index contributed by atoms with van der Waals surface area (Å²) in [6.45, 7) is 3.32. The van der Waals surface area contributed by atoms with Crippen molar-refractivity contribution < 1.29 is 14.4 Å². The minimum absolute atomic E-state index is 0.000131. The van der Waals surface area contributed by atoms with E-state index in [1.165, 1.54) is 11.1 Å². The van der Waals surface area contributed by atoms with Crippen molar-refractivity contribution in [2.24, 2.45) is 5.92 Å². The third kappa shape index (κ3) is 4.13. The van der Waals surface area contributed by atoms with Crippen LogP contribution in [-0.4, -0.2) is 59.9 Å². The Labute approximate surface area is 165 Å². The van der Waals surface area contributed by atoms with Gasteiger partial charge in [-0.1, -0.05) is 24.3 Å². The molecule has 3 aliphatic rings. The summed E-state index contributed by atoms with van der Waals surface area (Å²) in [6.07, 6.45) is 4.27. The van der Waals surface area contributed by atoms with Gasteiger partial charge in [-0.3, -0.25) is 9.59 Å². The molecule has 3 heterocycles. The molecular weight excluding hydrogens is 356 g/mol. The number of hydrogen-bond acceptors (Lipinski definition) is 3. The molecule has 0 saturated carbocycles. The molecule has 2 N–H and O–H groups in total. The van der Waals surface area contributed by atoms with Gasteiger partial charge in [-0.25, -0.2) is 4.79 Å². The second kappa shape index (κ2) is 8.20. The first-order chi connectivity index (χ1) is 13.6. The highest BCUT2D eigenvalue weighted by atomic mass is 16.2. The van der Waals surface area contributed by atoms with Gasteiger partial charge in [-0.2, -0.15) is 0 Å². The summed E-state index contributed by atoms with van der Waals surface area (Å²) in [4.78, 5) is 40.1. The lowest BCUT2D eigenvalue weighted by molar-refractivity contribution is -0.135. The number of urea groups is 1. The van der Waals surface area contributed by atoms with Crippen molar-refractivity contribution in [1.82, 2.24) is 20.4 Å². The zero-order chi connectivity index (χ0) is 19.5. The van der Waals surface area contributed by atoms with Crippen molar-refractivity contribution in [3.63, 3.8) is 0 Å². The highest BCUT2D eigenvalue weighted by Gasteiger charge is 2.32. The number of carbonyl (C=O) groups excluding carboxylic acids is 3. The number of nitrogens with one attached hydrogen (secondary N) is 2. The predicted molar refractivity (Wildman–Crippen MR) is 104 cm³/mol. The number of nitrogens with zero attached hydrogens (tertiary/aromatic N) is 2. The van der Waals surface area contributed by atoms with E-state index in [2.05, 4.69) is 28.8 Å². The third-order valence-electron chi connectivity index (χ3n) is 6.25. The Morgan fingerprint density at radius 1 is 1.04 bits per heavy atom. The highest BCUT2D eigenvalue weighted by molar-refractivity contribution is 5.90. The topological polar surface area (TPSA) is 81.8 Å². The second-order valence-electron chi connectivity index (χ2n) is 8.05. The van der Waals surface area contributed by atoms with Crippen LogP contribution in [0.2, 0.25) is 0 Å². The van der Waals surface area contributed by atoms with Crippen LogP contribution < -0.4 is 10.6 Å². The van der Waals surface area contributed by atoms with Crippen molar-refractivity contribution in [2.45, 2.75) is 44.7 Å². The van der Waals surface area contributed by atoms with Gasteiger partial charge in [0.2, 0.25) is 11.8 Å². The van der Waals surface area contributed by atoms with Crippen molar-refractivity contribution in [1.29, 1.82) is 0 Å². The molecule has 0 aromatic heterocycles. The molecule has 0 bridgehead atoms.